The molecule has 0 aliphatic carbocycles. The number of methoxy groups -OCH3 is 2. The lowest BCUT2D eigenvalue weighted by molar-refractivity contribution is -0.125. The normalized spacial score (nSPS) is 14.1. The Morgan fingerprint density at radius 2 is 1.21 bits per heavy atom. The molecule has 4 rings (SSSR count). The van der Waals surface area contributed by atoms with Crippen molar-refractivity contribution in [3.63, 3.8) is 0 Å². The molecule has 9 nitrogen and oxygen atoms in total. The SMILES string of the molecule is C=CC[C@H](C[C@H](O)CC(=O)C[C@H](C[C@H](COCOCC[Si](C)(C)C)OCc1ccc(OC)cc1)O[Si](c1ccccc1)(c1ccccc1)C(C)(C)C)OCc1ccc(OC)cc1. The number of carbonyl (C=O) groups is 1. The molecule has 0 saturated heterocycles. The summed E-state index contributed by atoms with van der Waals surface area (Å²) in [6, 6.07) is 37.4. The van der Waals surface area contributed by atoms with Gasteiger partial charge in [-0.05, 0) is 63.3 Å². The van der Waals surface area contributed by atoms with Gasteiger partial charge in [0.05, 0.1) is 58.5 Å². The van der Waals surface area contributed by atoms with Crippen molar-refractivity contribution in [3.8, 4) is 11.5 Å². The number of ether oxygens (including phenoxy) is 6. The lowest BCUT2D eigenvalue weighted by Crippen LogP contribution is -2.68. The van der Waals surface area contributed by atoms with Crippen LogP contribution in [0, 0.1) is 0 Å². The summed E-state index contributed by atoms with van der Waals surface area (Å²) in [7, 11) is -1.11. The first kappa shape index (κ1) is 50.7. The maximum absolute atomic E-state index is 14.3. The minimum absolute atomic E-state index is 0.0427. The third-order valence-corrected chi connectivity index (χ3v) is 17.7. The minimum atomic E-state index is -3.12. The highest BCUT2D eigenvalue weighted by Gasteiger charge is 2.51. The summed E-state index contributed by atoms with van der Waals surface area (Å²) in [6.07, 6.45) is 0.764. The molecule has 0 saturated carbocycles. The summed E-state index contributed by atoms with van der Waals surface area (Å²) in [6.45, 7) is 19.3. The van der Waals surface area contributed by atoms with Crippen LogP contribution in [0.4, 0.5) is 0 Å². The van der Waals surface area contributed by atoms with Gasteiger partial charge in [0.1, 0.15) is 24.1 Å². The van der Waals surface area contributed by atoms with Gasteiger partial charge in [-0.1, -0.05) is 131 Å². The highest BCUT2D eigenvalue weighted by Crippen LogP contribution is 2.39. The topological polar surface area (TPSA) is 102 Å². The second-order valence-corrected chi connectivity index (χ2v) is 28.1. The molecule has 0 unspecified atom stereocenters. The third kappa shape index (κ3) is 16.7. The molecule has 0 aliphatic rings. The fourth-order valence-corrected chi connectivity index (χ4v) is 13.0. The largest absolute Gasteiger partial charge is 0.497 e. The number of hydrogen-bond acceptors (Lipinski definition) is 9. The molecule has 0 amide bonds. The van der Waals surface area contributed by atoms with Crippen molar-refractivity contribution in [3.05, 3.63) is 133 Å². The van der Waals surface area contributed by atoms with Crippen LogP contribution in [-0.2, 0) is 41.4 Å². The van der Waals surface area contributed by atoms with Crippen LogP contribution in [0.5, 0.6) is 11.5 Å². The average molecular weight is 885 g/mol. The van der Waals surface area contributed by atoms with E-state index in [1.807, 2.05) is 60.7 Å². The molecule has 0 fully saturated rings. The van der Waals surface area contributed by atoms with E-state index >= 15 is 0 Å². The van der Waals surface area contributed by atoms with Gasteiger partial charge in [-0.2, -0.15) is 0 Å². The molecule has 4 aromatic rings. The van der Waals surface area contributed by atoms with E-state index in [0.29, 0.717) is 32.7 Å². The number of rotatable bonds is 29. The van der Waals surface area contributed by atoms with Crippen molar-refractivity contribution in [2.45, 2.75) is 121 Å². The van der Waals surface area contributed by atoms with Crippen molar-refractivity contribution >= 4 is 32.5 Å². The van der Waals surface area contributed by atoms with Crippen molar-refractivity contribution in [1.29, 1.82) is 0 Å². The monoisotopic (exact) mass is 884 g/mol. The zero-order valence-electron chi connectivity index (χ0n) is 38.5. The van der Waals surface area contributed by atoms with E-state index in [0.717, 1.165) is 39.0 Å². The standard InChI is InChI=1S/C51H72O9Si2/c1-10-17-46(58-36-40-22-26-44(54-5)27-23-40)33-42(52)32-43(53)34-47(60-62(51(2,3)4,49-18-13-11-14-19-49)50-20-15-12-16-21-50)35-48(38-57-39-56-30-31-61(7,8)9)59-37-41-24-28-45(55-6)29-25-41/h10-16,18-29,42,46-48,52H,1,17,30-39H2,2-9H3/t42-,46-,47-,48-/m1/s1. The first-order valence-electron chi connectivity index (χ1n) is 21.9. The molecule has 4 aromatic carbocycles. The van der Waals surface area contributed by atoms with Gasteiger partial charge in [0, 0.05) is 40.4 Å². The van der Waals surface area contributed by atoms with E-state index in [-0.39, 0.29) is 49.6 Å². The van der Waals surface area contributed by atoms with E-state index in [1.54, 1.807) is 20.3 Å². The highest BCUT2D eigenvalue weighted by molar-refractivity contribution is 6.99. The fraction of sp³-hybridized carbons (Fsp3) is 0.471. The second kappa shape index (κ2) is 25.4. The van der Waals surface area contributed by atoms with Crippen LogP contribution in [-0.4, -0.2) is 85.9 Å². The van der Waals surface area contributed by atoms with Crippen LogP contribution in [0.3, 0.4) is 0 Å². The van der Waals surface area contributed by atoms with E-state index in [4.69, 9.17) is 32.8 Å². The Kier molecular flexibility index (Phi) is 20.8. The second-order valence-electron chi connectivity index (χ2n) is 18.3. The number of carbonyl (C=O) groups excluding carboxylic acids is 1. The van der Waals surface area contributed by atoms with E-state index in [1.165, 1.54) is 0 Å². The Morgan fingerprint density at radius 1 is 0.694 bits per heavy atom. The first-order chi connectivity index (χ1) is 29.6. The summed E-state index contributed by atoms with van der Waals surface area (Å²) in [5.74, 6) is 1.44. The number of ketones is 1. The molecule has 11 heteroatoms. The fourth-order valence-electron chi connectivity index (χ4n) is 7.54. The number of hydrogen-bond donors (Lipinski definition) is 1. The number of Topliss-reactive ketones (excluding diaryl/α,β-unsaturated/α-hetero) is 1. The molecule has 0 bridgehead atoms. The van der Waals surface area contributed by atoms with E-state index < -0.39 is 34.7 Å². The summed E-state index contributed by atoms with van der Waals surface area (Å²) >= 11 is 0. The zero-order valence-corrected chi connectivity index (χ0v) is 40.5. The number of aliphatic hydroxyl groups is 1. The van der Waals surface area contributed by atoms with Gasteiger partial charge >= 0.3 is 0 Å². The molecule has 338 valence electrons. The Morgan fingerprint density at radius 3 is 1.68 bits per heavy atom. The lowest BCUT2D eigenvalue weighted by atomic mass is 9.99. The van der Waals surface area contributed by atoms with Crippen LogP contribution in [0.25, 0.3) is 0 Å². The quantitative estimate of drug-likeness (QED) is 0.0247. The van der Waals surface area contributed by atoms with Crippen LogP contribution in [0.15, 0.2) is 122 Å². The zero-order chi connectivity index (χ0) is 45.0. The van der Waals surface area contributed by atoms with Gasteiger partial charge in [0.25, 0.3) is 8.32 Å². The molecule has 0 aromatic heterocycles. The lowest BCUT2D eigenvalue weighted by Gasteiger charge is -2.45. The Balaban J connectivity index is 1.62. The maximum Gasteiger partial charge on any atom is 0.261 e. The first-order valence-corrected chi connectivity index (χ1v) is 27.5. The molecule has 0 heterocycles. The van der Waals surface area contributed by atoms with Crippen LogP contribution >= 0.6 is 0 Å². The summed E-state index contributed by atoms with van der Waals surface area (Å²) in [4.78, 5) is 14.3. The molecular weight excluding hydrogens is 813 g/mol. The summed E-state index contributed by atoms with van der Waals surface area (Å²) < 4.78 is 43.3. The number of aliphatic hydroxyl groups excluding tert-OH is 1. The average Bonchev–Trinajstić information content (AvgIpc) is 3.25. The molecule has 62 heavy (non-hydrogen) atoms. The van der Waals surface area contributed by atoms with Crippen molar-refractivity contribution in [2.75, 3.05) is 34.2 Å². The molecule has 0 radical (unpaired) electrons. The van der Waals surface area contributed by atoms with Crippen molar-refractivity contribution < 1.29 is 42.7 Å². The van der Waals surface area contributed by atoms with Crippen LogP contribution in [0.1, 0.15) is 64.0 Å². The molecule has 0 aliphatic heterocycles. The van der Waals surface area contributed by atoms with Gasteiger partial charge < -0.3 is 38.0 Å². The van der Waals surface area contributed by atoms with Crippen LogP contribution in [0.2, 0.25) is 30.7 Å². The Labute approximate surface area is 373 Å². The van der Waals surface area contributed by atoms with E-state index in [2.05, 4.69) is 95.5 Å². The smallest absolute Gasteiger partial charge is 0.261 e. The van der Waals surface area contributed by atoms with Gasteiger partial charge in [-0.3, -0.25) is 4.79 Å². The summed E-state index contributed by atoms with van der Waals surface area (Å²) in [5, 5.41) is 13.3. The third-order valence-electron chi connectivity index (χ3n) is 10.9. The van der Waals surface area contributed by atoms with Gasteiger partial charge in [0.2, 0.25) is 0 Å². The van der Waals surface area contributed by atoms with E-state index in [9.17, 15) is 9.90 Å². The molecular formula is C51H72O9Si2. The summed E-state index contributed by atoms with van der Waals surface area (Å²) in [5.41, 5.74) is 1.97. The predicted octanol–water partition coefficient (Wildman–Crippen LogP) is 9.52. The Hall–Kier alpha value is -3.92. The van der Waals surface area contributed by atoms with Crippen molar-refractivity contribution in [2.24, 2.45) is 0 Å². The van der Waals surface area contributed by atoms with Crippen LogP contribution < -0.4 is 19.8 Å². The maximum atomic E-state index is 14.3. The van der Waals surface area contributed by atoms with Crippen molar-refractivity contribution in [1.82, 2.24) is 0 Å². The molecule has 0 spiro atoms. The number of benzene rings is 4. The molecule has 1 N–H and O–H groups in total. The highest BCUT2D eigenvalue weighted by atomic mass is 28.4. The van der Waals surface area contributed by atoms with Gasteiger partial charge in [-0.15, -0.1) is 6.58 Å². The minimum Gasteiger partial charge on any atom is -0.497 e. The predicted molar refractivity (Wildman–Crippen MR) is 255 cm³/mol. The van der Waals surface area contributed by atoms with Gasteiger partial charge in [0.15, 0.2) is 0 Å². The van der Waals surface area contributed by atoms with Gasteiger partial charge in [-0.25, -0.2) is 0 Å². The molecule has 4 atom stereocenters. The Bertz CT molecular complexity index is 1820.